The molecule has 0 unspecified atom stereocenters. The Bertz CT molecular complexity index is 608. The lowest BCUT2D eigenvalue weighted by atomic mass is 10.0. The van der Waals surface area contributed by atoms with E-state index < -0.39 is 5.97 Å². The fourth-order valence-corrected chi connectivity index (χ4v) is 2.18. The summed E-state index contributed by atoms with van der Waals surface area (Å²) >= 11 is 5.94. The van der Waals surface area contributed by atoms with Crippen LogP contribution >= 0.6 is 11.6 Å². The third kappa shape index (κ3) is 3.58. The normalized spacial score (nSPS) is 10.5. The standard InChI is InChI=1S/C16H16ClNO2/c1-2-3-4-11-5-7-12(8-6-11)14-9-13(17)10-15(18-14)16(19)20/h5-10H,2-4H2,1H3,(H,19,20). The second-order valence-electron chi connectivity index (χ2n) is 4.66. The Hall–Kier alpha value is -1.87. The number of carbonyl (C=O) groups is 1. The molecule has 0 amide bonds. The van der Waals surface area contributed by atoms with Crippen LogP contribution in [0.3, 0.4) is 0 Å². The van der Waals surface area contributed by atoms with Gasteiger partial charge in [-0.05, 0) is 30.5 Å². The zero-order valence-corrected chi connectivity index (χ0v) is 12.0. The number of halogens is 1. The van der Waals surface area contributed by atoms with E-state index in [1.165, 1.54) is 18.1 Å². The average Bonchev–Trinajstić information content (AvgIpc) is 2.45. The van der Waals surface area contributed by atoms with E-state index in [0.717, 1.165) is 18.4 Å². The smallest absolute Gasteiger partial charge is 0.354 e. The van der Waals surface area contributed by atoms with Gasteiger partial charge in [-0.3, -0.25) is 0 Å². The summed E-state index contributed by atoms with van der Waals surface area (Å²) in [6.07, 6.45) is 3.39. The highest BCUT2D eigenvalue weighted by molar-refractivity contribution is 6.31. The van der Waals surface area contributed by atoms with E-state index in [2.05, 4.69) is 11.9 Å². The molecule has 0 saturated carbocycles. The molecular formula is C16H16ClNO2. The number of nitrogens with zero attached hydrogens (tertiary/aromatic N) is 1. The molecule has 0 aliphatic heterocycles. The predicted octanol–water partition coefficient (Wildman–Crippen LogP) is 4.44. The minimum Gasteiger partial charge on any atom is -0.477 e. The summed E-state index contributed by atoms with van der Waals surface area (Å²) < 4.78 is 0. The van der Waals surface area contributed by atoms with Gasteiger partial charge in [-0.1, -0.05) is 49.2 Å². The molecule has 0 aliphatic rings. The number of benzene rings is 1. The van der Waals surface area contributed by atoms with Gasteiger partial charge in [0, 0.05) is 10.6 Å². The maximum absolute atomic E-state index is 11.0. The van der Waals surface area contributed by atoms with Crippen LogP contribution in [0.25, 0.3) is 11.3 Å². The van der Waals surface area contributed by atoms with Crippen molar-refractivity contribution in [2.24, 2.45) is 0 Å². The fraction of sp³-hybridized carbons (Fsp3) is 0.250. The van der Waals surface area contributed by atoms with Crippen LogP contribution in [0.2, 0.25) is 5.02 Å². The molecule has 2 rings (SSSR count). The zero-order valence-electron chi connectivity index (χ0n) is 11.3. The Morgan fingerprint density at radius 2 is 1.95 bits per heavy atom. The van der Waals surface area contributed by atoms with Gasteiger partial charge in [-0.15, -0.1) is 0 Å². The van der Waals surface area contributed by atoms with Crippen LogP contribution in [0.4, 0.5) is 0 Å². The number of aromatic carboxylic acids is 1. The van der Waals surface area contributed by atoms with E-state index in [-0.39, 0.29) is 5.69 Å². The minimum absolute atomic E-state index is 0.0393. The van der Waals surface area contributed by atoms with Gasteiger partial charge in [-0.25, -0.2) is 9.78 Å². The molecular weight excluding hydrogens is 274 g/mol. The Morgan fingerprint density at radius 3 is 2.55 bits per heavy atom. The van der Waals surface area contributed by atoms with Gasteiger partial charge in [0.25, 0.3) is 0 Å². The number of aryl methyl sites for hydroxylation is 1. The van der Waals surface area contributed by atoms with Crippen molar-refractivity contribution in [3.05, 3.63) is 52.7 Å². The Labute approximate surface area is 123 Å². The first-order valence-corrected chi connectivity index (χ1v) is 6.98. The van der Waals surface area contributed by atoms with Crippen molar-refractivity contribution >= 4 is 17.6 Å². The van der Waals surface area contributed by atoms with Gasteiger partial charge in [-0.2, -0.15) is 0 Å². The van der Waals surface area contributed by atoms with E-state index in [9.17, 15) is 4.79 Å². The monoisotopic (exact) mass is 289 g/mol. The Morgan fingerprint density at radius 1 is 1.25 bits per heavy atom. The summed E-state index contributed by atoms with van der Waals surface area (Å²) in [5, 5.41) is 9.38. The summed E-state index contributed by atoms with van der Waals surface area (Å²) in [5.41, 5.74) is 2.69. The number of aromatic nitrogens is 1. The van der Waals surface area contributed by atoms with E-state index in [0.29, 0.717) is 10.7 Å². The highest BCUT2D eigenvalue weighted by atomic mass is 35.5. The van der Waals surface area contributed by atoms with Crippen molar-refractivity contribution in [2.45, 2.75) is 26.2 Å². The van der Waals surface area contributed by atoms with Crippen molar-refractivity contribution in [3.63, 3.8) is 0 Å². The van der Waals surface area contributed by atoms with E-state index in [1.807, 2.05) is 24.3 Å². The molecule has 0 bridgehead atoms. The number of hydrogen-bond donors (Lipinski definition) is 1. The summed E-state index contributed by atoms with van der Waals surface area (Å²) in [6.45, 7) is 2.16. The van der Waals surface area contributed by atoms with E-state index >= 15 is 0 Å². The maximum Gasteiger partial charge on any atom is 0.354 e. The van der Waals surface area contributed by atoms with E-state index in [4.69, 9.17) is 16.7 Å². The number of unbranched alkanes of at least 4 members (excludes halogenated alkanes) is 1. The zero-order chi connectivity index (χ0) is 14.5. The second-order valence-corrected chi connectivity index (χ2v) is 5.10. The van der Waals surface area contributed by atoms with Gasteiger partial charge >= 0.3 is 5.97 Å². The van der Waals surface area contributed by atoms with Crippen molar-refractivity contribution in [3.8, 4) is 11.3 Å². The molecule has 4 heteroatoms. The molecule has 1 aromatic heterocycles. The first kappa shape index (κ1) is 14.5. The molecule has 0 saturated heterocycles. The Balaban J connectivity index is 2.29. The van der Waals surface area contributed by atoms with Crippen molar-refractivity contribution in [1.29, 1.82) is 0 Å². The third-order valence-corrected chi connectivity index (χ3v) is 3.30. The second kappa shape index (κ2) is 6.53. The summed E-state index contributed by atoms with van der Waals surface area (Å²) in [6, 6.07) is 11.0. The Kier molecular flexibility index (Phi) is 4.74. The molecule has 0 radical (unpaired) electrons. The summed E-state index contributed by atoms with van der Waals surface area (Å²) in [4.78, 5) is 15.1. The summed E-state index contributed by atoms with van der Waals surface area (Å²) in [7, 11) is 0. The van der Waals surface area contributed by atoms with Crippen LogP contribution in [0.5, 0.6) is 0 Å². The molecule has 20 heavy (non-hydrogen) atoms. The van der Waals surface area contributed by atoms with Crippen molar-refractivity contribution in [1.82, 2.24) is 4.98 Å². The lowest BCUT2D eigenvalue weighted by molar-refractivity contribution is 0.0690. The van der Waals surface area contributed by atoms with Crippen LogP contribution in [-0.4, -0.2) is 16.1 Å². The third-order valence-electron chi connectivity index (χ3n) is 3.08. The lowest BCUT2D eigenvalue weighted by Gasteiger charge is -2.05. The van der Waals surface area contributed by atoms with Crippen LogP contribution in [0.15, 0.2) is 36.4 Å². The van der Waals surface area contributed by atoms with Crippen molar-refractivity contribution < 1.29 is 9.90 Å². The first-order chi connectivity index (χ1) is 9.60. The first-order valence-electron chi connectivity index (χ1n) is 6.60. The average molecular weight is 290 g/mol. The predicted molar refractivity (Wildman–Crippen MR) is 80.3 cm³/mol. The maximum atomic E-state index is 11.0. The van der Waals surface area contributed by atoms with Gasteiger partial charge in [0.05, 0.1) is 5.69 Å². The number of carboxylic acid groups (broad SMARTS) is 1. The minimum atomic E-state index is -1.08. The van der Waals surface area contributed by atoms with Gasteiger partial charge in [0.2, 0.25) is 0 Å². The number of carboxylic acids is 1. The molecule has 0 spiro atoms. The quantitative estimate of drug-likeness (QED) is 0.885. The highest BCUT2D eigenvalue weighted by Crippen LogP contribution is 2.22. The molecule has 0 atom stereocenters. The number of hydrogen-bond acceptors (Lipinski definition) is 2. The van der Waals surface area contributed by atoms with Gasteiger partial charge in [0.1, 0.15) is 5.69 Å². The van der Waals surface area contributed by atoms with E-state index in [1.54, 1.807) is 6.07 Å². The molecule has 2 aromatic rings. The highest BCUT2D eigenvalue weighted by Gasteiger charge is 2.09. The largest absolute Gasteiger partial charge is 0.477 e. The fourth-order valence-electron chi connectivity index (χ4n) is 1.98. The van der Waals surface area contributed by atoms with Gasteiger partial charge in [0.15, 0.2) is 0 Å². The molecule has 1 aromatic carbocycles. The van der Waals surface area contributed by atoms with Crippen LogP contribution < -0.4 is 0 Å². The van der Waals surface area contributed by atoms with Crippen molar-refractivity contribution in [2.75, 3.05) is 0 Å². The number of pyridine rings is 1. The summed E-state index contributed by atoms with van der Waals surface area (Å²) in [5.74, 6) is -1.08. The molecule has 3 nitrogen and oxygen atoms in total. The lowest BCUT2D eigenvalue weighted by Crippen LogP contribution is -2.01. The number of rotatable bonds is 5. The molecule has 104 valence electrons. The van der Waals surface area contributed by atoms with Gasteiger partial charge < -0.3 is 5.11 Å². The SMILES string of the molecule is CCCCc1ccc(-c2cc(Cl)cc(C(=O)O)n2)cc1. The van der Waals surface area contributed by atoms with Crippen LogP contribution in [0.1, 0.15) is 35.8 Å². The van der Waals surface area contributed by atoms with Crippen LogP contribution in [0, 0.1) is 0 Å². The molecule has 0 aliphatic carbocycles. The molecule has 1 N–H and O–H groups in total. The molecule has 0 fully saturated rings. The molecule has 1 heterocycles. The van der Waals surface area contributed by atoms with Crippen LogP contribution in [-0.2, 0) is 6.42 Å². The topological polar surface area (TPSA) is 50.2 Å².